The van der Waals surface area contributed by atoms with Gasteiger partial charge in [0.25, 0.3) is 0 Å². The summed E-state index contributed by atoms with van der Waals surface area (Å²) in [6, 6.07) is 4.96. The molecule has 112 valence electrons. The van der Waals surface area contributed by atoms with Crippen LogP contribution in [0.5, 0.6) is 0 Å². The van der Waals surface area contributed by atoms with E-state index in [0.29, 0.717) is 11.4 Å². The number of halogens is 3. The van der Waals surface area contributed by atoms with E-state index in [1.54, 1.807) is 4.68 Å². The van der Waals surface area contributed by atoms with Crippen molar-refractivity contribution in [2.24, 2.45) is 5.73 Å². The predicted molar refractivity (Wildman–Crippen MR) is 71.5 cm³/mol. The summed E-state index contributed by atoms with van der Waals surface area (Å²) in [6.07, 6.45) is -2.76. The fourth-order valence-electron chi connectivity index (χ4n) is 2.50. The summed E-state index contributed by atoms with van der Waals surface area (Å²) in [4.78, 5) is 4.41. The molecule has 0 saturated carbocycles. The average molecular weight is 296 g/mol. The lowest BCUT2D eigenvalue weighted by Crippen LogP contribution is -2.36. The molecule has 0 fully saturated rings. The van der Waals surface area contributed by atoms with Gasteiger partial charge in [-0.25, -0.2) is 9.67 Å². The van der Waals surface area contributed by atoms with Crippen LogP contribution in [0.1, 0.15) is 30.8 Å². The van der Waals surface area contributed by atoms with E-state index in [9.17, 15) is 13.2 Å². The Labute approximate surface area is 119 Å². The van der Waals surface area contributed by atoms with Gasteiger partial charge in [-0.15, -0.1) is 0 Å². The van der Waals surface area contributed by atoms with Crippen molar-refractivity contribution < 1.29 is 13.2 Å². The molecular formula is C14H15F3N4. The Morgan fingerprint density at radius 3 is 2.52 bits per heavy atom. The first kappa shape index (κ1) is 14.1. The molecule has 0 spiro atoms. The lowest BCUT2D eigenvalue weighted by Gasteiger charge is -2.25. The first-order valence-corrected chi connectivity index (χ1v) is 6.75. The number of fused-ring (bicyclic) bond motifs is 1. The minimum absolute atomic E-state index is 0.0275. The fourth-order valence-corrected chi connectivity index (χ4v) is 2.50. The lowest BCUT2D eigenvalue weighted by atomic mass is 10.0. The molecule has 1 aromatic heterocycles. The molecule has 0 aliphatic carbocycles. The number of nitrogens with two attached hydrogens (primary N) is 1. The van der Waals surface area contributed by atoms with E-state index in [1.165, 1.54) is 12.1 Å². The van der Waals surface area contributed by atoms with Gasteiger partial charge in [-0.1, -0.05) is 12.1 Å². The van der Waals surface area contributed by atoms with Gasteiger partial charge in [0.1, 0.15) is 5.82 Å². The highest BCUT2D eigenvalue weighted by atomic mass is 19.4. The minimum Gasteiger partial charge on any atom is -0.326 e. The quantitative estimate of drug-likeness (QED) is 0.880. The summed E-state index contributed by atoms with van der Waals surface area (Å²) in [7, 11) is 0. The predicted octanol–water partition coefficient (Wildman–Crippen LogP) is 2.80. The Morgan fingerprint density at radius 2 is 1.90 bits per heavy atom. The number of hydrogen-bond donors (Lipinski definition) is 1. The molecule has 2 unspecified atom stereocenters. The molecule has 7 heteroatoms. The van der Waals surface area contributed by atoms with Crippen molar-refractivity contribution in [2.75, 3.05) is 0 Å². The Balaban J connectivity index is 1.93. The molecule has 2 heterocycles. The molecular weight excluding hydrogens is 281 g/mol. The number of aromatic nitrogens is 3. The highest BCUT2D eigenvalue weighted by Gasteiger charge is 2.30. The highest BCUT2D eigenvalue weighted by Crippen LogP contribution is 2.31. The molecule has 3 rings (SSSR count). The number of rotatable bonds is 1. The molecule has 2 aromatic rings. The number of hydrogen-bond acceptors (Lipinski definition) is 3. The summed E-state index contributed by atoms with van der Waals surface area (Å²) in [6.45, 7) is 1.97. The average Bonchev–Trinajstić information content (AvgIpc) is 2.87. The Kier molecular flexibility index (Phi) is 3.24. The molecule has 1 aliphatic heterocycles. The van der Waals surface area contributed by atoms with Gasteiger partial charge in [-0.3, -0.25) is 0 Å². The zero-order chi connectivity index (χ0) is 15.2. The summed E-state index contributed by atoms with van der Waals surface area (Å²) in [5.74, 6) is 1.28. The molecule has 0 saturated heterocycles. The van der Waals surface area contributed by atoms with Gasteiger partial charge >= 0.3 is 6.18 Å². The monoisotopic (exact) mass is 296 g/mol. The third kappa shape index (κ3) is 2.53. The van der Waals surface area contributed by atoms with Gasteiger partial charge in [-0.05, 0) is 25.5 Å². The van der Waals surface area contributed by atoms with Crippen LogP contribution in [0.2, 0.25) is 0 Å². The minimum atomic E-state index is -4.33. The first-order chi connectivity index (χ1) is 9.86. The Morgan fingerprint density at radius 1 is 1.24 bits per heavy atom. The van der Waals surface area contributed by atoms with E-state index >= 15 is 0 Å². The maximum atomic E-state index is 12.6. The largest absolute Gasteiger partial charge is 0.416 e. The van der Waals surface area contributed by atoms with E-state index < -0.39 is 11.7 Å². The van der Waals surface area contributed by atoms with E-state index in [-0.39, 0.29) is 12.1 Å². The SMILES string of the molecule is CC1C(N)CCc2nc(-c3ccc(C(F)(F)F)cc3)nn21. The molecule has 4 nitrogen and oxygen atoms in total. The number of benzene rings is 1. The zero-order valence-electron chi connectivity index (χ0n) is 11.4. The van der Waals surface area contributed by atoms with Crippen LogP contribution in [0.25, 0.3) is 11.4 Å². The van der Waals surface area contributed by atoms with Crippen LogP contribution in [0.4, 0.5) is 13.2 Å². The molecule has 21 heavy (non-hydrogen) atoms. The van der Waals surface area contributed by atoms with Gasteiger partial charge in [0.2, 0.25) is 0 Å². The highest BCUT2D eigenvalue weighted by molar-refractivity contribution is 5.55. The van der Waals surface area contributed by atoms with Gasteiger partial charge in [0, 0.05) is 18.0 Å². The van der Waals surface area contributed by atoms with Crippen LogP contribution >= 0.6 is 0 Å². The van der Waals surface area contributed by atoms with Gasteiger partial charge < -0.3 is 5.73 Å². The van der Waals surface area contributed by atoms with Crippen LogP contribution in [0.15, 0.2) is 24.3 Å². The van der Waals surface area contributed by atoms with Crippen LogP contribution in [-0.2, 0) is 12.6 Å². The van der Waals surface area contributed by atoms with E-state index in [0.717, 1.165) is 30.8 Å². The van der Waals surface area contributed by atoms with E-state index in [4.69, 9.17) is 5.73 Å². The third-order valence-electron chi connectivity index (χ3n) is 3.88. The van der Waals surface area contributed by atoms with Crippen molar-refractivity contribution in [3.8, 4) is 11.4 Å². The lowest BCUT2D eigenvalue weighted by molar-refractivity contribution is -0.137. The standard InChI is InChI=1S/C14H15F3N4/c1-8-11(18)6-7-12-19-13(20-21(8)12)9-2-4-10(5-3-9)14(15,16)17/h2-5,8,11H,6-7,18H2,1H3. The number of aryl methyl sites for hydroxylation is 1. The van der Waals surface area contributed by atoms with Crippen molar-refractivity contribution in [1.82, 2.24) is 14.8 Å². The smallest absolute Gasteiger partial charge is 0.326 e. The first-order valence-electron chi connectivity index (χ1n) is 6.75. The summed E-state index contributed by atoms with van der Waals surface area (Å²) >= 11 is 0. The van der Waals surface area contributed by atoms with Crippen molar-refractivity contribution in [2.45, 2.75) is 38.0 Å². The second kappa shape index (κ2) is 4.84. The second-order valence-electron chi connectivity index (χ2n) is 5.31. The topological polar surface area (TPSA) is 56.7 Å². The van der Waals surface area contributed by atoms with Crippen LogP contribution in [-0.4, -0.2) is 20.8 Å². The van der Waals surface area contributed by atoms with Crippen molar-refractivity contribution in [1.29, 1.82) is 0 Å². The maximum absolute atomic E-state index is 12.6. The van der Waals surface area contributed by atoms with Gasteiger partial charge in [0.05, 0.1) is 11.6 Å². The van der Waals surface area contributed by atoms with Crippen molar-refractivity contribution in [3.63, 3.8) is 0 Å². The molecule has 2 atom stereocenters. The van der Waals surface area contributed by atoms with Crippen LogP contribution in [0.3, 0.4) is 0 Å². The normalized spacial score (nSPS) is 22.1. The van der Waals surface area contributed by atoms with Gasteiger partial charge in [-0.2, -0.15) is 18.3 Å². The summed E-state index contributed by atoms with van der Waals surface area (Å²) in [5.41, 5.74) is 5.89. The molecule has 0 radical (unpaired) electrons. The maximum Gasteiger partial charge on any atom is 0.416 e. The summed E-state index contributed by atoms with van der Waals surface area (Å²) in [5, 5.41) is 4.39. The Hall–Kier alpha value is -1.89. The molecule has 1 aliphatic rings. The fraction of sp³-hybridized carbons (Fsp3) is 0.429. The molecule has 1 aromatic carbocycles. The molecule has 0 amide bonds. The molecule has 2 N–H and O–H groups in total. The third-order valence-corrected chi connectivity index (χ3v) is 3.88. The van der Waals surface area contributed by atoms with E-state index in [1.807, 2.05) is 6.92 Å². The number of alkyl halides is 3. The Bertz CT molecular complexity index is 645. The van der Waals surface area contributed by atoms with E-state index in [2.05, 4.69) is 10.1 Å². The van der Waals surface area contributed by atoms with Crippen LogP contribution in [0, 0.1) is 0 Å². The zero-order valence-corrected chi connectivity index (χ0v) is 11.4. The second-order valence-corrected chi connectivity index (χ2v) is 5.31. The summed E-state index contributed by atoms with van der Waals surface area (Å²) < 4.78 is 39.4. The van der Waals surface area contributed by atoms with Crippen molar-refractivity contribution >= 4 is 0 Å². The van der Waals surface area contributed by atoms with Crippen molar-refractivity contribution in [3.05, 3.63) is 35.7 Å². The number of nitrogens with zero attached hydrogens (tertiary/aromatic N) is 3. The van der Waals surface area contributed by atoms with Gasteiger partial charge in [0.15, 0.2) is 5.82 Å². The molecule has 0 bridgehead atoms. The van der Waals surface area contributed by atoms with Crippen LogP contribution < -0.4 is 5.73 Å².